The van der Waals surface area contributed by atoms with E-state index in [4.69, 9.17) is 17.2 Å². The molecule has 0 amide bonds. The third-order valence-electron chi connectivity index (χ3n) is 4.25. The predicted octanol–water partition coefficient (Wildman–Crippen LogP) is 1.25. The van der Waals surface area contributed by atoms with Gasteiger partial charge in [0.15, 0.2) is 0 Å². The normalized spacial score (nSPS) is 14.7. The van der Waals surface area contributed by atoms with Crippen LogP contribution in [0.15, 0.2) is 23.8 Å². The molecule has 0 aromatic carbocycles. The third kappa shape index (κ3) is 9.89. The van der Waals surface area contributed by atoms with Crippen LogP contribution in [0.5, 0.6) is 0 Å². The summed E-state index contributed by atoms with van der Waals surface area (Å²) in [4.78, 5) is 0. The first-order valence-corrected chi connectivity index (χ1v) is 8.91. The summed E-state index contributed by atoms with van der Waals surface area (Å²) >= 11 is 0. The molecule has 1 atom stereocenters. The van der Waals surface area contributed by atoms with Crippen LogP contribution < -0.4 is 27.8 Å². The Balaban J connectivity index is 4.82. The lowest BCUT2D eigenvalue weighted by Crippen LogP contribution is -2.51. The van der Waals surface area contributed by atoms with E-state index in [9.17, 15) is 0 Å². The van der Waals surface area contributed by atoms with E-state index < -0.39 is 0 Å². The molecule has 0 aliphatic heterocycles. The van der Waals surface area contributed by atoms with Crippen LogP contribution in [0.4, 0.5) is 0 Å². The molecule has 0 aromatic rings. The maximum atomic E-state index is 6.15. The summed E-state index contributed by atoms with van der Waals surface area (Å²) in [5.41, 5.74) is 20.1. The Morgan fingerprint density at radius 2 is 1.87 bits per heavy atom. The van der Waals surface area contributed by atoms with E-state index in [2.05, 4.69) is 30.2 Å². The zero-order valence-electron chi connectivity index (χ0n) is 15.3. The Kier molecular flexibility index (Phi) is 13.3. The van der Waals surface area contributed by atoms with Crippen LogP contribution in [0.3, 0.4) is 0 Å². The van der Waals surface area contributed by atoms with Crippen molar-refractivity contribution in [1.29, 1.82) is 0 Å². The quantitative estimate of drug-likeness (QED) is 0.292. The Hall–Kier alpha value is -0.720. The van der Waals surface area contributed by atoms with Gasteiger partial charge >= 0.3 is 0 Å². The van der Waals surface area contributed by atoms with Crippen molar-refractivity contribution in [2.75, 3.05) is 39.8 Å². The van der Waals surface area contributed by atoms with Crippen molar-refractivity contribution < 1.29 is 0 Å². The number of likely N-dealkylation sites (N-methyl/N-ethyl adjacent to an activating group) is 1. The minimum Gasteiger partial charge on any atom is -0.330 e. The molecule has 0 bridgehead atoms. The van der Waals surface area contributed by atoms with Crippen molar-refractivity contribution in [2.24, 2.45) is 17.2 Å². The van der Waals surface area contributed by atoms with E-state index in [1.807, 2.05) is 7.05 Å². The van der Waals surface area contributed by atoms with E-state index in [0.29, 0.717) is 19.6 Å². The van der Waals surface area contributed by atoms with Crippen molar-refractivity contribution in [1.82, 2.24) is 10.6 Å². The Labute approximate surface area is 143 Å². The highest BCUT2D eigenvalue weighted by Gasteiger charge is 2.28. The van der Waals surface area contributed by atoms with Gasteiger partial charge < -0.3 is 27.8 Å². The fourth-order valence-electron chi connectivity index (χ4n) is 2.93. The molecule has 0 spiro atoms. The lowest BCUT2D eigenvalue weighted by Gasteiger charge is -2.35. The Bertz CT molecular complexity index is 340. The number of hydrogen-bond donors (Lipinski definition) is 5. The molecule has 8 N–H and O–H groups in total. The maximum Gasteiger partial charge on any atom is 0.0344 e. The minimum atomic E-state index is -0.0734. The molecule has 0 aliphatic rings. The van der Waals surface area contributed by atoms with Gasteiger partial charge in [0.2, 0.25) is 0 Å². The summed E-state index contributed by atoms with van der Waals surface area (Å²) in [5.74, 6) is 0. The molecule has 0 saturated heterocycles. The van der Waals surface area contributed by atoms with Crippen molar-refractivity contribution in [2.45, 2.75) is 51.0 Å². The van der Waals surface area contributed by atoms with Crippen LogP contribution in [0.25, 0.3) is 0 Å². The van der Waals surface area contributed by atoms with Crippen molar-refractivity contribution in [3.8, 4) is 0 Å². The molecule has 0 radical (unpaired) electrons. The summed E-state index contributed by atoms with van der Waals surface area (Å²) in [6.45, 7) is 10.2. The van der Waals surface area contributed by atoms with Crippen molar-refractivity contribution in [3.05, 3.63) is 23.8 Å². The van der Waals surface area contributed by atoms with Gasteiger partial charge in [-0.1, -0.05) is 30.7 Å². The highest BCUT2D eigenvalue weighted by molar-refractivity contribution is 5.09. The van der Waals surface area contributed by atoms with E-state index in [-0.39, 0.29) is 5.54 Å². The molecular formula is C18H39N5. The maximum absolute atomic E-state index is 6.15. The first-order chi connectivity index (χ1) is 11.1. The molecule has 5 heteroatoms. The molecule has 0 aliphatic carbocycles. The molecule has 1 unspecified atom stereocenters. The van der Waals surface area contributed by atoms with Crippen LogP contribution in [-0.2, 0) is 0 Å². The summed E-state index contributed by atoms with van der Waals surface area (Å²) in [5, 5.41) is 6.79. The minimum absolute atomic E-state index is 0.0734. The lowest BCUT2D eigenvalue weighted by molar-refractivity contribution is 0.309. The summed E-state index contributed by atoms with van der Waals surface area (Å²) in [6.07, 6.45) is 8.03. The first kappa shape index (κ1) is 22.3. The molecule has 0 fully saturated rings. The monoisotopic (exact) mass is 325 g/mol. The predicted molar refractivity (Wildman–Crippen MR) is 102 cm³/mol. The van der Waals surface area contributed by atoms with Gasteiger partial charge in [-0.25, -0.2) is 0 Å². The number of hydrogen-bond acceptors (Lipinski definition) is 5. The van der Waals surface area contributed by atoms with E-state index in [1.165, 1.54) is 11.1 Å². The van der Waals surface area contributed by atoms with Gasteiger partial charge in [0, 0.05) is 12.1 Å². The zero-order valence-corrected chi connectivity index (χ0v) is 15.3. The second-order valence-electron chi connectivity index (χ2n) is 6.27. The van der Waals surface area contributed by atoms with E-state index >= 15 is 0 Å². The van der Waals surface area contributed by atoms with Gasteiger partial charge in [0.1, 0.15) is 0 Å². The highest BCUT2D eigenvalue weighted by atomic mass is 15.0. The summed E-state index contributed by atoms with van der Waals surface area (Å²) in [6, 6.07) is 0. The number of nitrogens with one attached hydrogen (secondary N) is 2. The number of nitrogens with two attached hydrogens (primary N) is 3. The van der Waals surface area contributed by atoms with E-state index in [1.54, 1.807) is 0 Å². The third-order valence-corrected chi connectivity index (χ3v) is 4.25. The first-order valence-electron chi connectivity index (χ1n) is 8.91. The Morgan fingerprint density at radius 1 is 1.13 bits per heavy atom. The average Bonchev–Trinajstić information content (AvgIpc) is 2.55. The van der Waals surface area contributed by atoms with E-state index in [0.717, 1.165) is 51.6 Å². The molecule has 5 nitrogen and oxygen atoms in total. The molecule has 0 saturated carbocycles. The van der Waals surface area contributed by atoms with Gasteiger partial charge in [-0.15, -0.1) is 0 Å². The number of rotatable bonds is 15. The summed E-state index contributed by atoms with van der Waals surface area (Å²) < 4.78 is 0. The van der Waals surface area contributed by atoms with Crippen LogP contribution in [-0.4, -0.2) is 45.3 Å². The second-order valence-corrected chi connectivity index (χ2v) is 6.27. The zero-order chi connectivity index (χ0) is 17.6. The van der Waals surface area contributed by atoms with Gasteiger partial charge in [-0.3, -0.25) is 0 Å². The smallest absolute Gasteiger partial charge is 0.0344 e. The van der Waals surface area contributed by atoms with Gasteiger partial charge in [-0.05, 0) is 71.8 Å². The van der Waals surface area contributed by atoms with Crippen LogP contribution in [0.2, 0.25) is 0 Å². The van der Waals surface area contributed by atoms with Crippen LogP contribution in [0.1, 0.15) is 45.4 Å². The van der Waals surface area contributed by atoms with Gasteiger partial charge in [0.25, 0.3) is 0 Å². The Morgan fingerprint density at radius 3 is 2.39 bits per heavy atom. The highest BCUT2D eigenvalue weighted by Crippen LogP contribution is 2.25. The molecular weight excluding hydrogens is 286 g/mol. The molecule has 136 valence electrons. The fraction of sp³-hybridized carbons (Fsp3) is 0.778. The van der Waals surface area contributed by atoms with Crippen molar-refractivity contribution >= 4 is 0 Å². The average molecular weight is 326 g/mol. The van der Waals surface area contributed by atoms with Gasteiger partial charge in [0.05, 0.1) is 0 Å². The SMILES string of the molecule is C=C(CCNC)CC(CN)(CCC(=CCCN)CCN)NCC. The molecule has 0 rings (SSSR count). The second kappa shape index (κ2) is 13.7. The largest absolute Gasteiger partial charge is 0.330 e. The lowest BCUT2D eigenvalue weighted by atomic mass is 9.83. The topological polar surface area (TPSA) is 102 Å². The fourth-order valence-corrected chi connectivity index (χ4v) is 2.93. The van der Waals surface area contributed by atoms with Crippen molar-refractivity contribution in [3.63, 3.8) is 0 Å². The molecule has 0 aromatic heterocycles. The van der Waals surface area contributed by atoms with Crippen LogP contribution in [0, 0.1) is 0 Å². The van der Waals surface area contributed by atoms with Gasteiger partial charge in [-0.2, -0.15) is 0 Å². The summed E-state index contributed by atoms with van der Waals surface area (Å²) in [7, 11) is 1.97. The van der Waals surface area contributed by atoms with Crippen LogP contribution >= 0.6 is 0 Å². The molecule has 23 heavy (non-hydrogen) atoms. The standard InChI is InChI=1S/C18H39N5/c1-4-23-18(15-21,14-16(2)9-13-22-3)10-7-17(8-12-20)6-5-11-19/h6,22-23H,2,4-5,7-15,19-21H2,1,3H3. The molecule has 0 heterocycles.